The fourth-order valence-electron chi connectivity index (χ4n) is 5.86. The molecule has 0 aromatic heterocycles. The summed E-state index contributed by atoms with van der Waals surface area (Å²) >= 11 is 11.7. The summed E-state index contributed by atoms with van der Waals surface area (Å²) < 4.78 is 25.0. The monoisotopic (exact) mass is 535 g/mol. The van der Waals surface area contributed by atoms with Crippen LogP contribution in [0.1, 0.15) is 63.0 Å². The van der Waals surface area contributed by atoms with E-state index in [1.165, 1.54) is 12.1 Å². The Morgan fingerprint density at radius 2 is 1.81 bits per heavy atom. The van der Waals surface area contributed by atoms with Crippen LogP contribution in [0.4, 0.5) is 4.39 Å². The topological polar surface area (TPSA) is 84.9 Å². The normalized spacial score (nSPS) is 28.7. The lowest BCUT2D eigenvalue weighted by molar-refractivity contribution is -0.135. The van der Waals surface area contributed by atoms with Crippen LogP contribution in [-0.2, 0) is 9.59 Å². The number of rotatable bonds is 7. The van der Waals surface area contributed by atoms with E-state index in [-0.39, 0.29) is 46.4 Å². The smallest absolute Gasteiger partial charge is 0.258 e. The Labute approximate surface area is 219 Å². The van der Waals surface area contributed by atoms with E-state index in [9.17, 15) is 19.1 Å². The lowest BCUT2D eigenvalue weighted by Gasteiger charge is -2.53. The third-order valence-corrected chi connectivity index (χ3v) is 8.55. The van der Waals surface area contributed by atoms with Gasteiger partial charge in [0.15, 0.2) is 18.5 Å². The molecule has 0 spiro atoms. The van der Waals surface area contributed by atoms with E-state index in [1.807, 2.05) is 0 Å². The molecule has 2 aromatic rings. The van der Waals surface area contributed by atoms with E-state index in [2.05, 4.69) is 5.32 Å². The minimum Gasteiger partial charge on any atom is -0.484 e. The van der Waals surface area contributed by atoms with Crippen molar-refractivity contribution in [1.82, 2.24) is 5.32 Å². The van der Waals surface area contributed by atoms with Crippen molar-refractivity contribution in [3.8, 4) is 11.5 Å². The highest BCUT2D eigenvalue weighted by Gasteiger charge is 2.50. The molecule has 0 radical (unpaired) electrons. The number of carbonyl (C=O) groups is 2. The number of amides is 1. The van der Waals surface area contributed by atoms with Crippen LogP contribution in [0.5, 0.6) is 11.5 Å². The Hall–Kier alpha value is -2.35. The molecule has 1 amide bonds. The van der Waals surface area contributed by atoms with Gasteiger partial charge in [-0.3, -0.25) is 9.59 Å². The second-order valence-electron chi connectivity index (χ2n) is 10.4. The van der Waals surface area contributed by atoms with Gasteiger partial charge >= 0.3 is 0 Å². The summed E-state index contributed by atoms with van der Waals surface area (Å²) in [7, 11) is 0. The first-order chi connectivity index (χ1) is 17.2. The highest BCUT2D eigenvalue weighted by atomic mass is 35.5. The van der Waals surface area contributed by atoms with E-state index in [0.717, 1.165) is 44.6 Å². The van der Waals surface area contributed by atoms with Crippen molar-refractivity contribution in [2.45, 2.75) is 69.1 Å². The van der Waals surface area contributed by atoms with Crippen LogP contribution < -0.4 is 14.8 Å². The van der Waals surface area contributed by atoms with E-state index in [4.69, 9.17) is 32.7 Å². The number of hydrogen-bond acceptors (Lipinski definition) is 5. The van der Waals surface area contributed by atoms with Gasteiger partial charge in [0.05, 0.1) is 11.1 Å². The van der Waals surface area contributed by atoms with Gasteiger partial charge in [0.2, 0.25) is 0 Å². The Morgan fingerprint density at radius 3 is 2.50 bits per heavy atom. The van der Waals surface area contributed by atoms with E-state index >= 15 is 0 Å². The second-order valence-corrected chi connectivity index (χ2v) is 11.2. The maximum absolute atomic E-state index is 13.6. The van der Waals surface area contributed by atoms with Gasteiger partial charge in [-0.2, -0.15) is 0 Å². The fourth-order valence-corrected chi connectivity index (χ4v) is 6.16. The van der Waals surface area contributed by atoms with Crippen molar-refractivity contribution in [1.29, 1.82) is 0 Å². The zero-order valence-corrected chi connectivity index (χ0v) is 21.2. The quantitative estimate of drug-likeness (QED) is 0.484. The number of ketones is 1. The number of aliphatic hydroxyl groups excluding tert-OH is 1. The molecule has 2 bridgehead atoms. The number of fused-ring (bicyclic) bond motifs is 4. The van der Waals surface area contributed by atoms with Crippen molar-refractivity contribution in [2.75, 3.05) is 6.61 Å². The zero-order valence-electron chi connectivity index (χ0n) is 19.7. The van der Waals surface area contributed by atoms with E-state index in [0.29, 0.717) is 22.8 Å². The van der Waals surface area contributed by atoms with Crippen molar-refractivity contribution >= 4 is 34.9 Å². The van der Waals surface area contributed by atoms with Gasteiger partial charge in [-0.15, -0.1) is 0 Å². The summed E-state index contributed by atoms with van der Waals surface area (Å²) in [5.74, 6) is -0.0852. The summed E-state index contributed by atoms with van der Waals surface area (Å²) in [6, 6.07) is 9.13. The summed E-state index contributed by atoms with van der Waals surface area (Å²) in [5, 5.41) is 14.2. The first kappa shape index (κ1) is 25.3. The maximum Gasteiger partial charge on any atom is 0.258 e. The molecule has 1 heterocycles. The lowest BCUT2D eigenvalue weighted by atomic mass is 9.55. The SMILES string of the molecule is O=C(COc1ccc(Cl)c(F)c1)NC12CCC(CC(=O)C3CC(O)c4cc(Cl)ccc4O3)(CC1)CC2. The Balaban J connectivity index is 1.14. The van der Waals surface area contributed by atoms with Gasteiger partial charge in [0.25, 0.3) is 5.91 Å². The molecular formula is C27H28Cl2FNO5. The summed E-state index contributed by atoms with van der Waals surface area (Å²) in [5.41, 5.74) is 0.215. The van der Waals surface area contributed by atoms with Gasteiger partial charge in [-0.25, -0.2) is 4.39 Å². The highest BCUT2D eigenvalue weighted by molar-refractivity contribution is 6.31. The molecule has 2 atom stereocenters. The number of ether oxygens (including phenoxy) is 2. The summed E-state index contributed by atoms with van der Waals surface area (Å²) in [4.78, 5) is 25.8. The molecule has 36 heavy (non-hydrogen) atoms. The Morgan fingerprint density at radius 1 is 1.08 bits per heavy atom. The predicted octanol–water partition coefficient (Wildman–Crippen LogP) is 5.56. The summed E-state index contributed by atoms with van der Waals surface area (Å²) in [6.45, 7) is -0.208. The van der Waals surface area contributed by atoms with Crippen LogP contribution >= 0.6 is 23.2 Å². The van der Waals surface area contributed by atoms with E-state index in [1.54, 1.807) is 18.2 Å². The zero-order chi connectivity index (χ0) is 25.5. The van der Waals surface area contributed by atoms with Crippen molar-refractivity contribution in [3.05, 3.63) is 57.8 Å². The van der Waals surface area contributed by atoms with Gasteiger partial charge in [-0.05, 0) is 74.3 Å². The molecule has 6 nitrogen and oxygen atoms in total. The molecule has 192 valence electrons. The van der Waals surface area contributed by atoms with Crippen molar-refractivity contribution < 1.29 is 28.6 Å². The van der Waals surface area contributed by atoms with Crippen LogP contribution in [0.2, 0.25) is 10.0 Å². The van der Waals surface area contributed by atoms with Gasteiger partial charge in [0, 0.05) is 35.0 Å². The number of carbonyl (C=O) groups excluding carboxylic acids is 2. The van der Waals surface area contributed by atoms with Gasteiger partial charge in [-0.1, -0.05) is 23.2 Å². The molecule has 2 aromatic carbocycles. The average Bonchev–Trinajstić information content (AvgIpc) is 2.86. The molecule has 2 unspecified atom stereocenters. The largest absolute Gasteiger partial charge is 0.484 e. The third-order valence-electron chi connectivity index (χ3n) is 8.01. The molecule has 1 aliphatic heterocycles. The van der Waals surface area contributed by atoms with Crippen LogP contribution in [0, 0.1) is 11.2 Å². The van der Waals surface area contributed by atoms with Crippen LogP contribution in [0.3, 0.4) is 0 Å². The first-order valence-electron chi connectivity index (χ1n) is 12.2. The first-order valence-corrected chi connectivity index (χ1v) is 13.0. The Bertz CT molecular complexity index is 1160. The van der Waals surface area contributed by atoms with E-state index < -0.39 is 18.0 Å². The minimum atomic E-state index is -0.786. The number of aliphatic hydroxyl groups is 1. The molecular weight excluding hydrogens is 508 g/mol. The third kappa shape index (κ3) is 5.20. The van der Waals surface area contributed by atoms with Gasteiger partial charge < -0.3 is 19.9 Å². The highest BCUT2D eigenvalue weighted by Crippen LogP contribution is 2.54. The second kappa shape index (κ2) is 9.84. The molecule has 3 fully saturated rings. The maximum atomic E-state index is 13.6. The lowest BCUT2D eigenvalue weighted by Crippen LogP contribution is -2.58. The molecule has 9 heteroatoms. The molecule has 2 N–H and O–H groups in total. The number of Topliss-reactive ketones (excluding diaryl/α,β-unsaturated/α-hetero) is 1. The summed E-state index contributed by atoms with van der Waals surface area (Å²) in [6.07, 6.45) is 4.04. The molecule has 0 saturated heterocycles. The van der Waals surface area contributed by atoms with Crippen LogP contribution in [-0.4, -0.2) is 35.0 Å². The predicted molar refractivity (Wildman–Crippen MR) is 133 cm³/mol. The number of nitrogens with one attached hydrogen (secondary N) is 1. The van der Waals surface area contributed by atoms with Crippen molar-refractivity contribution in [3.63, 3.8) is 0 Å². The van der Waals surface area contributed by atoms with Crippen LogP contribution in [0.15, 0.2) is 36.4 Å². The van der Waals surface area contributed by atoms with Crippen LogP contribution in [0.25, 0.3) is 0 Å². The standard InChI is InChI=1S/C27H28Cl2FNO5/c28-16-1-4-23-18(11-16)21(32)13-24(36-23)22(33)14-26-5-8-27(9-6-26,10-7-26)31-25(34)15-35-17-2-3-19(29)20(30)12-17/h1-4,11-12,21,24,32H,5-10,13-15H2,(H,31,34). The molecule has 4 aliphatic rings. The van der Waals surface area contributed by atoms with Gasteiger partial charge in [0.1, 0.15) is 17.3 Å². The Kier molecular flexibility index (Phi) is 6.92. The molecule has 3 saturated carbocycles. The number of halogens is 3. The van der Waals surface area contributed by atoms with Crippen molar-refractivity contribution in [2.24, 2.45) is 5.41 Å². The number of benzene rings is 2. The molecule has 6 rings (SSSR count). The number of hydrogen-bond donors (Lipinski definition) is 2. The minimum absolute atomic E-state index is 0.00183. The average molecular weight is 536 g/mol. The molecule has 3 aliphatic carbocycles. The fraction of sp³-hybridized carbons (Fsp3) is 0.481.